The summed E-state index contributed by atoms with van der Waals surface area (Å²) in [6.07, 6.45) is -5.05. The fourth-order valence-corrected chi connectivity index (χ4v) is 3.89. The molecule has 0 aromatic heterocycles. The molecule has 3 rings (SSSR count). The Hall–Kier alpha value is -2.49. The van der Waals surface area contributed by atoms with Crippen molar-refractivity contribution < 1.29 is 32.2 Å². The van der Waals surface area contributed by atoms with E-state index in [1.54, 1.807) is 24.3 Å². The third-order valence-corrected chi connectivity index (χ3v) is 5.23. The molecule has 0 saturated heterocycles. The minimum Gasteiger partial charge on any atom is -0.389 e. The van der Waals surface area contributed by atoms with Gasteiger partial charge in [0.2, 0.25) is 5.91 Å². The Morgan fingerprint density at radius 3 is 2.71 bits per heavy atom. The molecule has 0 radical (unpaired) electrons. The standard InChI is InChI=1S/C22H24F4N2O3/c1-31-13-16(29)11-27-12-20(30)28-9-8-14-4-2-3-5-17(14)21(28)18-10-15(23)6-7-19(18)22(24,25)26/h2-7,10,16,21,27,29H,8-9,11-13H2,1H3/t16-,21?/m0/s1. The van der Waals surface area contributed by atoms with Crippen molar-refractivity contribution in [2.45, 2.75) is 24.7 Å². The third kappa shape index (κ3) is 5.41. The van der Waals surface area contributed by atoms with Crippen LogP contribution in [0.2, 0.25) is 0 Å². The van der Waals surface area contributed by atoms with Gasteiger partial charge >= 0.3 is 6.18 Å². The summed E-state index contributed by atoms with van der Waals surface area (Å²) in [4.78, 5) is 14.3. The highest BCUT2D eigenvalue weighted by atomic mass is 19.4. The number of carbonyl (C=O) groups is 1. The van der Waals surface area contributed by atoms with Gasteiger partial charge in [0.05, 0.1) is 30.9 Å². The summed E-state index contributed by atoms with van der Waals surface area (Å²) < 4.78 is 60.0. The molecule has 1 heterocycles. The number of fused-ring (bicyclic) bond motifs is 1. The van der Waals surface area contributed by atoms with Gasteiger partial charge in [0.1, 0.15) is 5.82 Å². The van der Waals surface area contributed by atoms with Gasteiger partial charge in [-0.1, -0.05) is 24.3 Å². The van der Waals surface area contributed by atoms with E-state index in [0.717, 1.165) is 17.7 Å². The predicted molar refractivity (Wildman–Crippen MR) is 106 cm³/mol. The molecule has 1 aliphatic rings. The van der Waals surface area contributed by atoms with Gasteiger partial charge in [0.15, 0.2) is 0 Å². The number of ether oxygens (including phenoxy) is 1. The van der Waals surface area contributed by atoms with E-state index in [0.29, 0.717) is 18.1 Å². The van der Waals surface area contributed by atoms with E-state index < -0.39 is 35.6 Å². The number of benzene rings is 2. The molecule has 0 fully saturated rings. The zero-order valence-corrected chi connectivity index (χ0v) is 17.0. The van der Waals surface area contributed by atoms with Gasteiger partial charge in [0.25, 0.3) is 0 Å². The lowest BCUT2D eigenvalue weighted by Gasteiger charge is -2.39. The Balaban J connectivity index is 1.96. The topological polar surface area (TPSA) is 61.8 Å². The largest absolute Gasteiger partial charge is 0.416 e. The molecule has 2 aromatic carbocycles. The number of alkyl halides is 3. The number of halogens is 4. The Morgan fingerprint density at radius 1 is 1.26 bits per heavy atom. The molecule has 168 valence electrons. The van der Waals surface area contributed by atoms with E-state index in [4.69, 9.17) is 4.74 Å². The van der Waals surface area contributed by atoms with Gasteiger partial charge < -0.3 is 20.1 Å². The summed E-state index contributed by atoms with van der Waals surface area (Å²) in [6.45, 7) is 0.175. The SMILES string of the molecule is COC[C@@H](O)CNCC(=O)N1CCc2ccccc2C1c1cc(F)ccc1C(F)(F)F. The number of aliphatic hydroxyl groups is 1. The van der Waals surface area contributed by atoms with Crippen LogP contribution in [0.3, 0.4) is 0 Å². The van der Waals surface area contributed by atoms with Gasteiger partial charge in [-0.2, -0.15) is 13.2 Å². The normalized spacial score (nSPS) is 17.4. The number of aliphatic hydroxyl groups excluding tert-OH is 1. The molecule has 0 aliphatic carbocycles. The van der Waals surface area contributed by atoms with E-state index in [9.17, 15) is 27.5 Å². The molecule has 1 amide bonds. The first-order valence-electron chi connectivity index (χ1n) is 9.84. The van der Waals surface area contributed by atoms with Crippen molar-refractivity contribution in [1.29, 1.82) is 0 Å². The second kappa shape index (κ2) is 9.76. The average Bonchev–Trinajstić information content (AvgIpc) is 2.72. The van der Waals surface area contributed by atoms with Crippen LogP contribution in [0.5, 0.6) is 0 Å². The van der Waals surface area contributed by atoms with Crippen molar-refractivity contribution in [3.05, 3.63) is 70.5 Å². The molecule has 31 heavy (non-hydrogen) atoms. The monoisotopic (exact) mass is 440 g/mol. The average molecular weight is 440 g/mol. The number of rotatable bonds is 7. The molecule has 1 aliphatic heterocycles. The maximum Gasteiger partial charge on any atom is 0.416 e. The Labute approximate surface area is 177 Å². The molecule has 2 aromatic rings. The van der Waals surface area contributed by atoms with Crippen LogP contribution in [0.4, 0.5) is 17.6 Å². The van der Waals surface area contributed by atoms with Crippen LogP contribution >= 0.6 is 0 Å². The van der Waals surface area contributed by atoms with Crippen LogP contribution < -0.4 is 5.32 Å². The lowest BCUT2D eigenvalue weighted by Crippen LogP contribution is -2.46. The van der Waals surface area contributed by atoms with E-state index in [1.165, 1.54) is 12.0 Å². The molecule has 0 saturated carbocycles. The van der Waals surface area contributed by atoms with Gasteiger partial charge in [0, 0.05) is 20.2 Å². The highest BCUT2D eigenvalue weighted by Crippen LogP contribution is 2.42. The number of nitrogens with zero attached hydrogens (tertiary/aromatic N) is 1. The maximum absolute atomic E-state index is 14.0. The molecular weight excluding hydrogens is 416 g/mol. The third-order valence-electron chi connectivity index (χ3n) is 5.23. The molecule has 0 spiro atoms. The van der Waals surface area contributed by atoms with Crippen molar-refractivity contribution in [2.24, 2.45) is 0 Å². The number of amides is 1. The molecule has 9 heteroatoms. The van der Waals surface area contributed by atoms with E-state index in [-0.39, 0.29) is 31.8 Å². The van der Waals surface area contributed by atoms with Crippen molar-refractivity contribution in [3.8, 4) is 0 Å². The summed E-state index contributed by atoms with van der Waals surface area (Å²) in [5, 5.41) is 12.5. The van der Waals surface area contributed by atoms with E-state index in [2.05, 4.69) is 5.32 Å². The Kier molecular flexibility index (Phi) is 7.30. The first kappa shape index (κ1) is 23.2. The molecule has 0 bridgehead atoms. The molecule has 1 unspecified atom stereocenters. The molecular formula is C22H24F4N2O3. The number of hydrogen-bond acceptors (Lipinski definition) is 4. The van der Waals surface area contributed by atoms with Gasteiger partial charge in [-0.15, -0.1) is 0 Å². The summed E-state index contributed by atoms with van der Waals surface area (Å²) in [7, 11) is 1.43. The highest BCUT2D eigenvalue weighted by Gasteiger charge is 2.40. The number of nitrogens with one attached hydrogen (secondary N) is 1. The van der Waals surface area contributed by atoms with Crippen molar-refractivity contribution in [2.75, 3.05) is 33.4 Å². The van der Waals surface area contributed by atoms with Crippen molar-refractivity contribution >= 4 is 5.91 Å². The van der Waals surface area contributed by atoms with Crippen LogP contribution in [0.25, 0.3) is 0 Å². The first-order valence-corrected chi connectivity index (χ1v) is 9.84. The van der Waals surface area contributed by atoms with Crippen molar-refractivity contribution in [3.63, 3.8) is 0 Å². The molecule has 2 atom stereocenters. The van der Waals surface area contributed by atoms with E-state index in [1.807, 2.05) is 0 Å². The minimum atomic E-state index is -4.70. The Bertz CT molecular complexity index is 920. The fraction of sp³-hybridized carbons (Fsp3) is 0.409. The lowest BCUT2D eigenvalue weighted by molar-refractivity contribution is -0.140. The van der Waals surface area contributed by atoms with Gasteiger partial charge in [-0.25, -0.2) is 4.39 Å². The summed E-state index contributed by atoms with van der Waals surface area (Å²) >= 11 is 0. The summed E-state index contributed by atoms with van der Waals surface area (Å²) in [5.74, 6) is -1.25. The van der Waals surface area contributed by atoms with Gasteiger partial charge in [-0.05, 0) is 41.3 Å². The lowest BCUT2D eigenvalue weighted by atomic mass is 9.86. The maximum atomic E-state index is 14.0. The van der Waals surface area contributed by atoms with Crippen LogP contribution in [-0.2, 0) is 22.1 Å². The first-order chi connectivity index (χ1) is 14.7. The number of methoxy groups -OCH3 is 1. The quantitative estimate of drug-likeness (QED) is 0.650. The Morgan fingerprint density at radius 2 is 2.00 bits per heavy atom. The van der Waals surface area contributed by atoms with Crippen LogP contribution in [0.15, 0.2) is 42.5 Å². The van der Waals surface area contributed by atoms with Gasteiger partial charge in [-0.3, -0.25) is 4.79 Å². The minimum absolute atomic E-state index is 0.0825. The van der Waals surface area contributed by atoms with Crippen LogP contribution in [-0.4, -0.2) is 55.4 Å². The van der Waals surface area contributed by atoms with Crippen LogP contribution in [0.1, 0.15) is 28.3 Å². The van der Waals surface area contributed by atoms with Crippen LogP contribution in [0, 0.1) is 5.82 Å². The zero-order valence-electron chi connectivity index (χ0n) is 17.0. The zero-order chi connectivity index (χ0) is 22.6. The highest BCUT2D eigenvalue weighted by molar-refractivity contribution is 5.80. The van der Waals surface area contributed by atoms with Crippen molar-refractivity contribution in [1.82, 2.24) is 10.2 Å². The predicted octanol–water partition coefficient (Wildman–Crippen LogP) is 2.92. The molecule has 5 nitrogen and oxygen atoms in total. The molecule has 2 N–H and O–H groups in total. The number of carbonyl (C=O) groups excluding carboxylic acids is 1. The summed E-state index contributed by atoms with van der Waals surface area (Å²) in [5.41, 5.74) is 0.0827. The fourth-order valence-electron chi connectivity index (χ4n) is 3.89. The smallest absolute Gasteiger partial charge is 0.389 e. The second-order valence-electron chi connectivity index (χ2n) is 7.41. The summed E-state index contributed by atoms with van der Waals surface area (Å²) in [6, 6.07) is 8.20. The van der Waals surface area contributed by atoms with E-state index >= 15 is 0 Å². The second-order valence-corrected chi connectivity index (χ2v) is 7.41. The number of hydrogen-bond donors (Lipinski definition) is 2.